The Morgan fingerprint density at radius 2 is 1.57 bits per heavy atom. The molecule has 0 aliphatic rings. The van der Waals surface area contributed by atoms with Crippen LogP contribution < -0.4 is 0 Å². The Kier molecular flexibility index (Phi) is 3.48. The molecule has 0 aromatic heterocycles. The zero-order valence-corrected chi connectivity index (χ0v) is 11.3. The molecule has 0 heterocycles. The van der Waals surface area contributed by atoms with Gasteiger partial charge in [0.15, 0.2) is 0 Å². The fourth-order valence-corrected chi connectivity index (χ4v) is 2.36. The van der Waals surface area contributed by atoms with Crippen molar-refractivity contribution in [3.63, 3.8) is 0 Å². The van der Waals surface area contributed by atoms with Gasteiger partial charge in [0.05, 0.1) is 6.21 Å². The fourth-order valence-electron chi connectivity index (χ4n) is 2.36. The topological polar surface area (TPSA) is 38.7 Å². The second kappa shape index (κ2) is 5.59. The third-order valence-electron chi connectivity index (χ3n) is 3.30. The molecule has 3 heteroatoms. The monoisotopic (exact) mass is 275 g/mol. The standard InChI is InChI=1S/C18H13NO2/c1-2-18(20)21-19-12-17-15-9-5-3-7-13(15)11-14-8-4-6-10-16(14)17/h2-12H,1H2/b19-12+. The maximum absolute atomic E-state index is 11.1. The smallest absolute Gasteiger partial charge is 0.314 e. The van der Waals surface area contributed by atoms with E-state index in [1.807, 2.05) is 36.4 Å². The lowest BCUT2D eigenvalue weighted by molar-refractivity contribution is -0.137. The summed E-state index contributed by atoms with van der Waals surface area (Å²) in [6, 6.07) is 18.2. The highest BCUT2D eigenvalue weighted by molar-refractivity contribution is 6.13. The summed E-state index contributed by atoms with van der Waals surface area (Å²) in [6.45, 7) is 3.34. The summed E-state index contributed by atoms with van der Waals surface area (Å²) in [5.41, 5.74) is 0.931. The van der Waals surface area contributed by atoms with E-state index in [1.54, 1.807) is 6.21 Å². The van der Waals surface area contributed by atoms with Crippen LogP contribution >= 0.6 is 0 Å². The van der Waals surface area contributed by atoms with Gasteiger partial charge in [-0.05, 0) is 27.6 Å². The van der Waals surface area contributed by atoms with Crippen LogP contribution in [0.25, 0.3) is 21.5 Å². The Morgan fingerprint density at radius 3 is 2.14 bits per heavy atom. The highest BCUT2D eigenvalue weighted by Crippen LogP contribution is 2.27. The summed E-state index contributed by atoms with van der Waals surface area (Å²) >= 11 is 0. The van der Waals surface area contributed by atoms with Crippen molar-refractivity contribution in [3.05, 3.63) is 72.8 Å². The SMILES string of the molecule is C=CC(=O)O/N=C/c1c2ccccc2cc2ccccc12. The molecule has 0 saturated heterocycles. The summed E-state index contributed by atoms with van der Waals surface area (Å²) in [7, 11) is 0. The van der Waals surface area contributed by atoms with Gasteiger partial charge in [-0.15, -0.1) is 0 Å². The van der Waals surface area contributed by atoms with E-state index in [0.717, 1.165) is 33.2 Å². The number of fused-ring (bicyclic) bond motifs is 2. The van der Waals surface area contributed by atoms with E-state index in [4.69, 9.17) is 4.84 Å². The van der Waals surface area contributed by atoms with Gasteiger partial charge in [-0.2, -0.15) is 0 Å². The van der Waals surface area contributed by atoms with E-state index >= 15 is 0 Å². The summed E-state index contributed by atoms with van der Waals surface area (Å²) < 4.78 is 0. The van der Waals surface area contributed by atoms with E-state index in [0.29, 0.717) is 0 Å². The summed E-state index contributed by atoms with van der Waals surface area (Å²) in [5.74, 6) is -0.573. The molecule has 3 nitrogen and oxygen atoms in total. The van der Waals surface area contributed by atoms with Crippen LogP contribution in [0.4, 0.5) is 0 Å². The first-order valence-electron chi connectivity index (χ1n) is 6.57. The molecular formula is C18H13NO2. The third-order valence-corrected chi connectivity index (χ3v) is 3.30. The first-order valence-corrected chi connectivity index (χ1v) is 6.57. The van der Waals surface area contributed by atoms with Crippen LogP contribution in [0.15, 0.2) is 72.4 Å². The van der Waals surface area contributed by atoms with Crippen LogP contribution in [0.2, 0.25) is 0 Å². The lowest BCUT2D eigenvalue weighted by Gasteiger charge is -2.07. The van der Waals surface area contributed by atoms with Crippen molar-refractivity contribution in [2.24, 2.45) is 5.16 Å². The average molecular weight is 275 g/mol. The largest absolute Gasteiger partial charge is 0.357 e. The fraction of sp³-hybridized carbons (Fsp3) is 0. The quantitative estimate of drug-likeness (QED) is 0.238. The van der Waals surface area contributed by atoms with Crippen LogP contribution in [0, 0.1) is 0 Å². The molecule has 3 rings (SSSR count). The van der Waals surface area contributed by atoms with Crippen molar-refractivity contribution in [1.82, 2.24) is 0 Å². The van der Waals surface area contributed by atoms with E-state index in [2.05, 4.69) is 29.9 Å². The first-order chi connectivity index (χ1) is 10.3. The molecule has 0 amide bonds. The van der Waals surface area contributed by atoms with Gasteiger partial charge >= 0.3 is 5.97 Å². The molecule has 0 radical (unpaired) electrons. The minimum atomic E-state index is -0.573. The second-order valence-electron chi connectivity index (χ2n) is 4.58. The van der Waals surface area contributed by atoms with Crippen molar-refractivity contribution in [2.75, 3.05) is 0 Å². The Balaban J connectivity index is 2.20. The molecule has 0 fully saturated rings. The molecule has 0 saturated carbocycles. The molecule has 3 aromatic carbocycles. The lowest BCUT2D eigenvalue weighted by atomic mass is 9.97. The average Bonchev–Trinajstić information content (AvgIpc) is 2.54. The number of oxime groups is 1. The molecule has 0 bridgehead atoms. The van der Waals surface area contributed by atoms with Gasteiger partial charge in [0, 0.05) is 11.6 Å². The second-order valence-corrected chi connectivity index (χ2v) is 4.58. The van der Waals surface area contributed by atoms with Crippen molar-refractivity contribution in [1.29, 1.82) is 0 Å². The molecular weight excluding hydrogens is 262 g/mol. The zero-order chi connectivity index (χ0) is 14.7. The predicted octanol–water partition coefficient (Wildman–Crippen LogP) is 4.06. The first kappa shape index (κ1) is 13.1. The predicted molar refractivity (Wildman–Crippen MR) is 85.3 cm³/mol. The van der Waals surface area contributed by atoms with Gasteiger partial charge in [0.1, 0.15) is 0 Å². The van der Waals surface area contributed by atoms with Crippen molar-refractivity contribution in [3.8, 4) is 0 Å². The maximum Gasteiger partial charge on any atom is 0.357 e. The van der Waals surface area contributed by atoms with Crippen molar-refractivity contribution in [2.45, 2.75) is 0 Å². The van der Waals surface area contributed by atoms with Gasteiger partial charge < -0.3 is 4.84 Å². The Hall–Kier alpha value is -2.94. The Labute approximate surface area is 122 Å². The number of benzene rings is 3. The normalized spacial score (nSPS) is 11.0. The number of carbonyl (C=O) groups excluding carboxylic acids is 1. The van der Waals surface area contributed by atoms with Gasteiger partial charge in [-0.3, -0.25) is 0 Å². The molecule has 0 N–H and O–H groups in total. The van der Waals surface area contributed by atoms with Crippen LogP contribution in [0.1, 0.15) is 5.56 Å². The lowest BCUT2D eigenvalue weighted by Crippen LogP contribution is -1.95. The van der Waals surface area contributed by atoms with Gasteiger partial charge in [0.25, 0.3) is 0 Å². The number of hydrogen-bond donors (Lipinski definition) is 0. The number of rotatable bonds is 3. The van der Waals surface area contributed by atoms with Crippen LogP contribution in [-0.2, 0) is 9.63 Å². The van der Waals surface area contributed by atoms with Gasteiger partial charge in [-0.25, -0.2) is 4.79 Å². The maximum atomic E-state index is 11.1. The molecule has 3 aromatic rings. The summed E-state index contributed by atoms with van der Waals surface area (Å²) in [6.07, 6.45) is 2.66. The number of hydrogen-bond acceptors (Lipinski definition) is 3. The molecule has 0 aliphatic heterocycles. The minimum Gasteiger partial charge on any atom is -0.314 e. The molecule has 0 aliphatic carbocycles. The van der Waals surface area contributed by atoms with E-state index in [9.17, 15) is 4.79 Å². The Bertz CT molecular complexity index is 811. The zero-order valence-electron chi connectivity index (χ0n) is 11.3. The number of carbonyl (C=O) groups is 1. The van der Waals surface area contributed by atoms with Gasteiger partial charge in [-0.1, -0.05) is 60.3 Å². The van der Waals surface area contributed by atoms with E-state index in [1.165, 1.54) is 0 Å². The molecule has 21 heavy (non-hydrogen) atoms. The third kappa shape index (κ3) is 2.54. The highest BCUT2D eigenvalue weighted by Gasteiger charge is 2.05. The highest BCUT2D eigenvalue weighted by atomic mass is 16.7. The Morgan fingerprint density at radius 1 is 1.00 bits per heavy atom. The van der Waals surface area contributed by atoms with Gasteiger partial charge in [0.2, 0.25) is 0 Å². The molecule has 102 valence electrons. The van der Waals surface area contributed by atoms with Crippen molar-refractivity contribution >= 4 is 33.7 Å². The number of nitrogens with zero attached hydrogens (tertiary/aromatic N) is 1. The van der Waals surface area contributed by atoms with Crippen LogP contribution in [0.5, 0.6) is 0 Å². The minimum absolute atomic E-state index is 0.573. The summed E-state index contributed by atoms with van der Waals surface area (Å²) in [5, 5.41) is 8.13. The van der Waals surface area contributed by atoms with Crippen molar-refractivity contribution < 1.29 is 9.63 Å². The molecule has 0 spiro atoms. The van der Waals surface area contributed by atoms with Crippen LogP contribution in [-0.4, -0.2) is 12.2 Å². The van der Waals surface area contributed by atoms with E-state index < -0.39 is 5.97 Å². The van der Waals surface area contributed by atoms with Crippen LogP contribution in [0.3, 0.4) is 0 Å². The summed E-state index contributed by atoms with van der Waals surface area (Å²) in [4.78, 5) is 15.8. The van der Waals surface area contributed by atoms with E-state index in [-0.39, 0.29) is 0 Å². The molecule has 0 unspecified atom stereocenters. The molecule has 0 atom stereocenters.